The number of rotatable bonds is 5. The number of aliphatic imine (C=N–C) groups is 1. The van der Waals surface area contributed by atoms with Gasteiger partial charge in [-0.25, -0.2) is 4.99 Å². The molecule has 1 saturated heterocycles. The first-order valence-corrected chi connectivity index (χ1v) is 9.55. The average molecular weight is 358 g/mol. The highest BCUT2D eigenvalue weighted by Crippen LogP contribution is 2.21. The van der Waals surface area contributed by atoms with Gasteiger partial charge in [0.05, 0.1) is 6.10 Å². The molecule has 1 aliphatic heterocycles. The third-order valence-corrected chi connectivity index (χ3v) is 5.08. The summed E-state index contributed by atoms with van der Waals surface area (Å²) in [5.74, 6) is 0.706. The third kappa shape index (κ3) is 5.21. The number of likely N-dealkylation sites (N-methyl/N-ethyl adjacent to an activating group) is 1. The molecule has 1 aromatic carbocycles. The van der Waals surface area contributed by atoms with E-state index in [2.05, 4.69) is 39.9 Å². The summed E-state index contributed by atoms with van der Waals surface area (Å²) in [6.07, 6.45) is 5.55. The van der Waals surface area contributed by atoms with E-state index in [9.17, 15) is 4.79 Å². The number of hydrogen-bond donors (Lipinski definition) is 2. The summed E-state index contributed by atoms with van der Waals surface area (Å²) in [6.45, 7) is 1.72. The first kappa shape index (κ1) is 18.7. The summed E-state index contributed by atoms with van der Waals surface area (Å²) in [4.78, 5) is 18.0. The molecule has 2 unspecified atom stereocenters. The van der Waals surface area contributed by atoms with Crippen molar-refractivity contribution in [1.82, 2.24) is 15.5 Å². The molecular formula is C20H30N4O2. The van der Waals surface area contributed by atoms with Crippen LogP contribution in [0.4, 0.5) is 0 Å². The van der Waals surface area contributed by atoms with Crippen LogP contribution in [0.3, 0.4) is 0 Å². The van der Waals surface area contributed by atoms with E-state index in [0.717, 1.165) is 45.3 Å². The van der Waals surface area contributed by atoms with Gasteiger partial charge in [0, 0.05) is 33.3 Å². The van der Waals surface area contributed by atoms with Crippen molar-refractivity contribution in [2.75, 3.05) is 33.8 Å². The Morgan fingerprint density at radius 1 is 1.27 bits per heavy atom. The molecule has 1 amide bonds. The van der Waals surface area contributed by atoms with Gasteiger partial charge in [-0.2, -0.15) is 0 Å². The van der Waals surface area contributed by atoms with E-state index < -0.39 is 0 Å². The molecule has 6 heteroatoms. The number of hydrogen-bond acceptors (Lipinski definition) is 3. The van der Waals surface area contributed by atoms with Crippen molar-refractivity contribution in [2.24, 2.45) is 4.99 Å². The molecule has 6 nitrogen and oxygen atoms in total. The van der Waals surface area contributed by atoms with Gasteiger partial charge in [0.15, 0.2) is 5.96 Å². The van der Waals surface area contributed by atoms with Crippen LogP contribution in [-0.4, -0.2) is 62.7 Å². The van der Waals surface area contributed by atoms with E-state index in [4.69, 9.17) is 4.74 Å². The Hall–Kier alpha value is -2.08. The number of fused-ring (bicyclic) bond motifs is 1. The average Bonchev–Trinajstić information content (AvgIpc) is 3.17. The van der Waals surface area contributed by atoms with Crippen molar-refractivity contribution in [1.29, 1.82) is 0 Å². The van der Waals surface area contributed by atoms with E-state index >= 15 is 0 Å². The molecule has 3 rings (SSSR count). The zero-order valence-corrected chi connectivity index (χ0v) is 15.8. The SMILES string of the molecule is CN(C)C(=O)CN=C(NCC1CCCO1)NC1CCc2ccccc2C1. The predicted octanol–water partition coefficient (Wildman–Crippen LogP) is 1.35. The van der Waals surface area contributed by atoms with Crippen molar-refractivity contribution in [3.05, 3.63) is 35.4 Å². The molecule has 1 heterocycles. The van der Waals surface area contributed by atoms with Crippen LogP contribution in [0, 0.1) is 0 Å². The lowest BCUT2D eigenvalue weighted by Crippen LogP contribution is -2.48. The van der Waals surface area contributed by atoms with Gasteiger partial charge in [-0.05, 0) is 43.2 Å². The molecule has 0 radical (unpaired) electrons. The quantitative estimate of drug-likeness (QED) is 0.616. The third-order valence-electron chi connectivity index (χ3n) is 5.08. The number of amides is 1. The van der Waals surface area contributed by atoms with Gasteiger partial charge < -0.3 is 20.3 Å². The monoisotopic (exact) mass is 358 g/mol. The fraction of sp³-hybridized carbons (Fsp3) is 0.600. The standard InChI is InChI=1S/C20H30N4O2/c1-24(2)19(25)14-22-20(21-13-18-8-5-11-26-18)23-17-10-9-15-6-3-4-7-16(15)12-17/h3-4,6-7,17-18H,5,8-14H2,1-2H3,(H2,21,22,23). The first-order chi connectivity index (χ1) is 12.6. The maximum absolute atomic E-state index is 11.9. The maximum atomic E-state index is 11.9. The highest BCUT2D eigenvalue weighted by atomic mass is 16.5. The van der Waals surface area contributed by atoms with E-state index in [-0.39, 0.29) is 18.6 Å². The molecule has 0 spiro atoms. The molecule has 2 aliphatic rings. The van der Waals surface area contributed by atoms with Crippen molar-refractivity contribution >= 4 is 11.9 Å². The van der Waals surface area contributed by atoms with Crippen molar-refractivity contribution in [2.45, 2.75) is 44.2 Å². The zero-order chi connectivity index (χ0) is 18.4. The van der Waals surface area contributed by atoms with E-state index in [0.29, 0.717) is 12.0 Å². The predicted molar refractivity (Wildman–Crippen MR) is 103 cm³/mol. The van der Waals surface area contributed by atoms with Crippen LogP contribution in [0.1, 0.15) is 30.4 Å². The zero-order valence-electron chi connectivity index (χ0n) is 15.8. The lowest BCUT2D eigenvalue weighted by Gasteiger charge is -2.27. The molecule has 1 aromatic rings. The second kappa shape index (κ2) is 9.03. The number of guanidine groups is 1. The fourth-order valence-corrected chi connectivity index (χ4v) is 3.47. The Morgan fingerprint density at radius 3 is 2.81 bits per heavy atom. The second-order valence-electron chi connectivity index (χ2n) is 7.32. The molecule has 1 aliphatic carbocycles. The van der Waals surface area contributed by atoms with Gasteiger partial charge in [-0.3, -0.25) is 4.79 Å². The minimum absolute atomic E-state index is 0.00259. The molecule has 0 bridgehead atoms. The molecule has 2 atom stereocenters. The number of benzene rings is 1. The Morgan fingerprint density at radius 2 is 2.08 bits per heavy atom. The van der Waals surface area contributed by atoms with Crippen LogP contribution in [0.25, 0.3) is 0 Å². The second-order valence-corrected chi connectivity index (χ2v) is 7.32. The molecule has 26 heavy (non-hydrogen) atoms. The Kier molecular flexibility index (Phi) is 6.50. The van der Waals surface area contributed by atoms with Gasteiger partial charge in [-0.15, -0.1) is 0 Å². The lowest BCUT2D eigenvalue weighted by molar-refractivity contribution is -0.127. The van der Waals surface area contributed by atoms with Crippen LogP contribution in [-0.2, 0) is 22.4 Å². The molecule has 0 saturated carbocycles. The minimum atomic E-state index is -0.00259. The Balaban J connectivity index is 1.60. The normalized spacial score (nSPS) is 22.6. The summed E-state index contributed by atoms with van der Waals surface area (Å²) in [5.41, 5.74) is 2.85. The van der Waals surface area contributed by atoms with Gasteiger partial charge in [0.25, 0.3) is 0 Å². The van der Waals surface area contributed by atoms with E-state index in [1.807, 2.05) is 0 Å². The van der Waals surface area contributed by atoms with Crippen LogP contribution < -0.4 is 10.6 Å². The van der Waals surface area contributed by atoms with Gasteiger partial charge in [-0.1, -0.05) is 24.3 Å². The van der Waals surface area contributed by atoms with Gasteiger partial charge >= 0.3 is 0 Å². The van der Waals surface area contributed by atoms with E-state index in [1.165, 1.54) is 11.1 Å². The maximum Gasteiger partial charge on any atom is 0.243 e. The number of aryl methyl sites for hydroxylation is 1. The summed E-state index contributed by atoms with van der Waals surface area (Å²) < 4.78 is 5.68. The summed E-state index contributed by atoms with van der Waals surface area (Å²) in [7, 11) is 3.51. The highest BCUT2D eigenvalue weighted by molar-refractivity contribution is 5.85. The van der Waals surface area contributed by atoms with Crippen molar-refractivity contribution in [3.63, 3.8) is 0 Å². The lowest BCUT2D eigenvalue weighted by atomic mass is 9.88. The van der Waals surface area contributed by atoms with Crippen molar-refractivity contribution < 1.29 is 9.53 Å². The van der Waals surface area contributed by atoms with E-state index in [1.54, 1.807) is 19.0 Å². The number of nitrogens with one attached hydrogen (secondary N) is 2. The van der Waals surface area contributed by atoms with Crippen LogP contribution in [0.5, 0.6) is 0 Å². The Bertz CT molecular complexity index is 638. The summed E-state index contributed by atoms with van der Waals surface area (Å²) >= 11 is 0. The number of carbonyl (C=O) groups is 1. The smallest absolute Gasteiger partial charge is 0.243 e. The van der Waals surface area contributed by atoms with Crippen LogP contribution in [0.2, 0.25) is 0 Å². The summed E-state index contributed by atoms with van der Waals surface area (Å²) in [5, 5.41) is 6.90. The molecule has 1 fully saturated rings. The van der Waals surface area contributed by atoms with Gasteiger partial charge in [0.1, 0.15) is 6.54 Å². The molecule has 142 valence electrons. The largest absolute Gasteiger partial charge is 0.376 e. The topological polar surface area (TPSA) is 66.0 Å². The Labute approximate surface area is 156 Å². The number of carbonyl (C=O) groups excluding carboxylic acids is 1. The first-order valence-electron chi connectivity index (χ1n) is 9.55. The number of nitrogens with zero attached hydrogens (tertiary/aromatic N) is 2. The fourth-order valence-electron chi connectivity index (χ4n) is 3.47. The van der Waals surface area contributed by atoms with Crippen LogP contribution in [0.15, 0.2) is 29.3 Å². The molecule has 2 N–H and O–H groups in total. The highest BCUT2D eigenvalue weighted by Gasteiger charge is 2.21. The molecular weight excluding hydrogens is 328 g/mol. The number of ether oxygens (including phenoxy) is 1. The van der Waals surface area contributed by atoms with Crippen molar-refractivity contribution in [3.8, 4) is 0 Å². The van der Waals surface area contributed by atoms with Crippen LogP contribution >= 0.6 is 0 Å². The van der Waals surface area contributed by atoms with Gasteiger partial charge in [0.2, 0.25) is 5.91 Å². The minimum Gasteiger partial charge on any atom is -0.376 e. The summed E-state index contributed by atoms with van der Waals surface area (Å²) in [6, 6.07) is 8.95. The molecule has 0 aromatic heterocycles.